The topological polar surface area (TPSA) is 0 Å². The lowest BCUT2D eigenvalue weighted by Gasteiger charge is -2.01. The molecule has 0 unspecified atom stereocenters. The van der Waals surface area contributed by atoms with Gasteiger partial charge in [0.25, 0.3) is 0 Å². The summed E-state index contributed by atoms with van der Waals surface area (Å²) in [5.41, 5.74) is 3.92. The van der Waals surface area contributed by atoms with E-state index in [0.29, 0.717) is 0 Å². The van der Waals surface area contributed by atoms with Crippen molar-refractivity contribution in [2.45, 2.75) is 13.8 Å². The number of thiophene rings is 1. The second kappa shape index (κ2) is 4.40. The van der Waals surface area contributed by atoms with Gasteiger partial charge >= 0.3 is 0 Å². The molecule has 0 radical (unpaired) electrons. The number of halogens is 2. The summed E-state index contributed by atoms with van der Waals surface area (Å²) in [7, 11) is 0. The fourth-order valence-electron chi connectivity index (χ4n) is 1.61. The lowest BCUT2D eigenvalue weighted by Crippen LogP contribution is -1.79. The first-order valence-corrected chi connectivity index (χ1v) is 7.00. The second-order valence-electron chi connectivity index (χ2n) is 3.61. The minimum Gasteiger partial charge on any atom is -0.127 e. The van der Waals surface area contributed by atoms with Gasteiger partial charge in [-0.05, 0) is 57.3 Å². The Morgan fingerprint density at radius 2 is 1.53 bits per heavy atom. The molecule has 0 aliphatic rings. The fourth-order valence-corrected chi connectivity index (χ4v) is 3.63. The number of aryl methyl sites for hydroxylation is 2. The summed E-state index contributed by atoms with van der Waals surface area (Å²) < 4.78 is 2.28. The normalized spacial score (nSPS) is 10.7. The van der Waals surface area contributed by atoms with Crippen LogP contribution in [0.3, 0.4) is 0 Å². The van der Waals surface area contributed by atoms with Gasteiger partial charge in [0.15, 0.2) is 0 Å². The molecule has 1 aromatic carbocycles. The van der Waals surface area contributed by atoms with Crippen LogP contribution < -0.4 is 0 Å². The summed E-state index contributed by atoms with van der Waals surface area (Å²) in [5, 5.41) is 0. The molecule has 0 atom stereocenters. The molecule has 0 nitrogen and oxygen atoms in total. The van der Waals surface area contributed by atoms with Crippen LogP contribution in [-0.2, 0) is 0 Å². The van der Waals surface area contributed by atoms with E-state index in [9.17, 15) is 0 Å². The van der Waals surface area contributed by atoms with Crippen molar-refractivity contribution in [2.24, 2.45) is 0 Å². The first-order chi connectivity index (χ1) is 7.06. The molecule has 0 spiro atoms. The van der Waals surface area contributed by atoms with E-state index in [-0.39, 0.29) is 0 Å². The summed E-state index contributed by atoms with van der Waals surface area (Å²) in [4.78, 5) is 1.29. The Hall–Kier alpha value is -0.120. The van der Waals surface area contributed by atoms with Crippen molar-refractivity contribution in [2.75, 3.05) is 0 Å². The lowest BCUT2D eigenvalue weighted by molar-refractivity contribution is 1.39. The van der Waals surface area contributed by atoms with E-state index >= 15 is 0 Å². The van der Waals surface area contributed by atoms with E-state index in [4.69, 9.17) is 0 Å². The highest BCUT2D eigenvalue weighted by atomic mass is 79.9. The van der Waals surface area contributed by atoms with Crippen molar-refractivity contribution in [1.82, 2.24) is 0 Å². The van der Waals surface area contributed by atoms with Crippen LogP contribution in [-0.4, -0.2) is 0 Å². The minimum absolute atomic E-state index is 1.13. The van der Waals surface area contributed by atoms with Crippen LogP contribution in [0, 0.1) is 13.8 Å². The smallest absolute Gasteiger partial charge is 0.0846 e. The molecule has 2 aromatic rings. The Kier molecular flexibility index (Phi) is 3.33. The van der Waals surface area contributed by atoms with E-state index in [2.05, 4.69) is 70.0 Å². The van der Waals surface area contributed by atoms with Crippen molar-refractivity contribution >= 4 is 43.2 Å². The van der Waals surface area contributed by atoms with Gasteiger partial charge in [-0.3, -0.25) is 0 Å². The van der Waals surface area contributed by atoms with Crippen LogP contribution in [0.2, 0.25) is 0 Å². The molecule has 0 amide bonds. The zero-order valence-corrected chi connectivity index (χ0v) is 12.5. The van der Waals surface area contributed by atoms with Crippen LogP contribution in [0.15, 0.2) is 32.5 Å². The minimum atomic E-state index is 1.13. The van der Waals surface area contributed by atoms with Crippen molar-refractivity contribution in [3.05, 3.63) is 43.7 Å². The zero-order valence-electron chi connectivity index (χ0n) is 8.47. The fraction of sp³-hybridized carbons (Fsp3) is 0.167. The van der Waals surface area contributed by atoms with Gasteiger partial charge in [-0.2, -0.15) is 0 Å². The Morgan fingerprint density at radius 3 is 2.00 bits per heavy atom. The van der Waals surface area contributed by atoms with Gasteiger partial charge in [0.2, 0.25) is 0 Å². The SMILES string of the molecule is Cc1cc(C)cc(-c2cc(Br)c(Br)s2)c1. The molecular formula is C12H10Br2S. The van der Waals surface area contributed by atoms with Crippen LogP contribution in [0.1, 0.15) is 11.1 Å². The van der Waals surface area contributed by atoms with E-state index < -0.39 is 0 Å². The third-order valence-electron chi connectivity index (χ3n) is 2.15. The second-order valence-corrected chi connectivity index (χ2v) is 6.83. The van der Waals surface area contributed by atoms with Gasteiger partial charge in [-0.15, -0.1) is 11.3 Å². The summed E-state index contributed by atoms with van der Waals surface area (Å²) in [6.07, 6.45) is 0. The zero-order chi connectivity index (χ0) is 11.0. The summed E-state index contributed by atoms with van der Waals surface area (Å²) >= 11 is 8.79. The Morgan fingerprint density at radius 1 is 0.933 bits per heavy atom. The predicted molar refractivity (Wildman–Crippen MR) is 74.6 cm³/mol. The van der Waals surface area contributed by atoms with E-state index in [1.165, 1.54) is 21.6 Å². The molecule has 0 fully saturated rings. The largest absolute Gasteiger partial charge is 0.127 e. The number of rotatable bonds is 1. The van der Waals surface area contributed by atoms with Crippen LogP contribution in [0.25, 0.3) is 10.4 Å². The van der Waals surface area contributed by atoms with Crippen molar-refractivity contribution < 1.29 is 0 Å². The van der Waals surface area contributed by atoms with Gasteiger partial charge in [-0.25, -0.2) is 0 Å². The Labute approximate surface area is 111 Å². The predicted octanol–water partition coefficient (Wildman–Crippen LogP) is 5.56. The first kappa shape index (κ1) is 11.4. The molecule has 1 aromatic heterocycles. The first-order valence-electron chi connectivity index (χ1n) is 4.60. The Bertz CT molecular complexity index is 461. The van der Waals surface area contributed by atoms with Crippen LogP contribution >= 0.6 is 43.2 Å². The van der Waals surface area contributed by atoms with E-state index in [0.717, 1.165) is 8.26 Å². The molecule has 2 rings (SSSR count). The van der Waals surface area contributed by atoms with Gasteiger partial charge in [-0.1, -0.05) is 29.3 Å². The molecule has 0 saturated heterocycles. The Balaban J connectivity index is 2.53. The summed E-state index contributed by atoms with van der Waals surface area (Å²) in [6.45, 7) is 4.27. The maximum Gasteiger partial charge on any atom is 0.0846 e. The third kappa shape index (κ3) is 2.52. The maximum atomic E-state index is 3.52. The third-order valence-corrected chi connectivity index (χ3v) is 5.46. The monoisotopic (exact) mass is 344 g/mol. The average Bonchev–Trinajstić information content (AvgIpc) is 2.45. The maximum absolute atomic E-state index is 3.52. The van der Waals surface area contributed by atoms with Gasteiger partial charge in [0.1, 0.15) is 0 Å². The quantitative estimate of drug-likeness (QED) is 0.635. The molecule has 3 heteroatoms. The average molecular weight is 346 g/mol. The highest BCUT2D eigenvalue weighted by molar-refractivity contribution is 9.13. The molecule has 0 saturated carbocycles. The van der Waals surface area contributed by atoms with Crippen molar-refractivity contribution in [3.63, 3.8) is 0 Å². The summed E-state index contributed by atoms with van der Waals surface area (Å²) in [5.74, 6) is 0. The standard InChI is InChI=1S/C12H10Br2S/c1-7-3-8(2)5-9(4-7)11-6-10(13)12(14)15-11/h3-6H,1-2H3. The highest BCUT2D eigenvalue weighted by Crippen LogP contribution is 2.38. The molecular weight excluding hydrogens is 336 g/mol. The molecule has 0 N–H and O–H groups in total. The molecule has 0 aliphatic carbocycles. The molecule has 0 aliphatic heterocycles. The molecule has 0 bridgehead atoms. The lowest BCUT2D eigenvalue weighted by atomic mass is 10.1. The van der Waals surface area contributed by atoms with E-state index in [1.54, 1.807) is 11.3 Å². The van der Waals surface area contributed by atoms with Crippen molar-refractivity contribution in [3.8, 4) is 10.4 Å². The van der Waals surface area contributed by atoms with E-state index in [1.807, 2.05) is 0 Å². The molecule has 78 valence electrons. The van der Waals surface area contributed by atoms with Crippen LogP contribution in [0.5, 0.6) is 0 Å². The number of benzene rings is 1. The molecule has 15 heavy (non-hydrogen) atoms. The van der Waals surface area contributed by atoms with Gasteiger partial charge in [0.05, 0.1) is 3.79 Å². The molecule has 1 heterocycles. The van der Waals surface area contributed by atoms with Gasteiger partial charge < -0.3 is 0 Å². The van der Waals surface area contributed by atoms with Crippen LogP contribution in [0.4, 0.5) is 0 Å². The number of hydrogen-bond donors (Lipinski definition) is 0. The van der Waals surface area contributed by atoms with Gasteiger partial charge in [0, 0.05) is 9.35 Å². The summed E-state index contributed by atoms with van der Waals surface area (Å²) in [6, 6.07) is 8.79. The highest BCUT2D eigenvalue weighted by Gasteiger charge is 2.06. The van der Waals surface area contributed by atoms with Crippen molar-refractivity contribution in [1.29, 1.82) is 0 Å². The number of hydrogen-bond acceptors (Lipinski definition) is 1.